The van der Waals surface area contributed by atoms with Gasteiger partial charge < -0.3 is 4.74 Å². The molecule has 0 aromatic heterocycles. The molecular formula is C9H18O4S. The number of hydrogen-bond acceptors (Lipinski definition) is 4. The summed E-state index contributed by atoms with van der Waals surface area (Å²) < 4.78 is 28.1. The minimum atomic E-state index is -3.39. The zero-order chi connectivity index (χ0) is 11.4. The van der Waals surface area contributed by atoms with Crippen LogP contribution in [-0.2, 0) is 19.4 Å². The molecule has 0 bridgehead atoms. The van der Waals surface area contributed by atoms with E-state index >= 15 is 0 Å². The Hall–Kier alpha value is -0.580. The van der Waals surface area contributed by atoms with Gasteiger partial charge in [-0.3, -0.25) is 4.79 Å². The maximum atomic E-state index is 11.7. The lowest BCUT2D eigenvalue weighted by atomic mass is 10.3. The Balaban J connectivity index is 4.82. The minimum Gasteiger partial charge on any atom is -0.465 e. The fourth-order valence-electron chi connectivity index (χ4n) is 1.10. The van der Waals surface area contributed by atoms with E-state index in [1.165, 1.54) is 0 Å². The molecule has 1 atom stereocenters. The van der Waals surface area contributed by atoms with Crippen molar-refractivity contribution < 1.29 is 17.9 Å². The molecule has 0 radical (unpaired) electrons. The van der Waals surface area contributed by atoms with Gasteiger partial charge in [-0.2, -0.15) is 0 Å². The third kappa shape index (κ3) is 2.97. The van der Waals surface area contributed by atoms with E-state index in [0.29, 0.717) is 0 Å². The molecule has 4 nitrogen and oxygen atoms in total. The molecule has 0 aliphatic heterocycles. The number of ether oxygens (including phenoxy) is 1. The standard InChI is InChI=1S/C9H18O4S/c1-5-8(9(10)13-6-2)14(11,12)7(3)4/h7-8H,5-6H2,1-4H3. The summed E-state index contributed by atoms with van der Waals surface area (Å²) in [5, 5.41) is -1.56. The number of esters is 1. The third-order valence-electron chi connectivity index (χ3n) is 1.97. The molecule has 0 spiro atoms. The summed E-state index contributed by atoms with van der Waals surface area (Å²) in [6, 6.07) is 0. The van der Waals surface area contributed by atoms with Gasteiger partial charge in [0.1, 0.15) is 0 Å². The molecule has 0 rings (SSSR count). The molecule has 0 aliphatic carbocycles. The van der Waals surface area contributed by atoms with Crippen LogP contribution in [0.2, 0.25) is 0 Å². The molecule has 0 amide bonds. The number of hydrogen-bond donors (Lipinski definition) is 0. The van der Waals surface area contributed by atoms with Gasteiger partial charge in [0, 0.05) is 0 Å². The van der Waals surface area contributed by atoms with Gasteiger partial charge in [-0.15, -0.1) is 0 Å². The van der Waals surface area contributed by atoms with Crippen LogP contribution >= 0.6 is 0 Å². The molecule has 1 unspecified atom stereocenters. The van der Waals surface area contributed by atoms with E-state index in [9.17, 15) is 13.2 Å². The molecule has 0 saturated carbocycles. The number of sulfone groups is 1. The largest absolute Gasteiger partial charge is 0.465 e. The van der Waals surface area contributed by atoms with Crippen LogP contribution < -0.4 is 0 Å². The Morgan fingerprint density at radius 2 is 1.79 bits per heavy atom. The molecular weight excluding hydrogens is 204 g/mol. The lowest BCUT2D eigenvalue weighted by molar-refractivity contribution is -0.142. The van der Waals surface area contributed by atoms with E-state index < -0.39 is 26.3 Å². The first-order valence-corrected chi connectivity index (χ1v) is 6.38. The van der Waals surface area contributed by atoms with Crippen LogP contribution in [0.15, 0.2) is 0 Å². The number of rotatable bonds is 5. The molecule has 0 fully saturated rings. The zero-order valence-electron chi connectivity index (χ0n) is 9.11. The van der Waals surface area contributed by atoms with Gasteiger partial charge in [-0.1, -0.05) is 6.92 Å². The van der Waals surface area contributed by atoms with Crippen molar-refractivity contribution in [1.82, 2.24) is 0 Å². The summed E-state index contributed by atoms with van der Waals surface area (Å²) in [6.45, 7) is 6.67. The van der Waals surface area contributed by atoms with Gasteiger partial charge in [0.25, 0.3) is 0 Å². The average Bonchev–Trinajstić information content (AvgIpc) is 2.04. The number of carbonyl (C=O) groups is 1. The maximum absolute atomic E-state index is 11.7. The fraction of sp³-hybridized carbons (Fsp3) is 0.889. The van der Waals surface area contributed by atoms with Crippen molar-refractivity contribution in [1.29, 1.82) is 0 Å². The zero-order valence-corrected chi connectivity index (χ0v) is 9.93. The van der Waals surface area contributed by atoms with Crippen LogP contribution in [-0.4, -0.2) is 31.5 Å². The van der Waals surface area contributed by atoms with Gasteiger partial charge in [0.05, 0.1) is 11.9 Å². The van der Waals surface area contributed by atoms with Crippen molar-refractivity contribution in [3.8, 4) is 0 Å². The van der Waals surface area contributed by atoms with E-state index in [2.05, 4.69) is 0 Å². The van der Waals surface area contributed by atoms with Crippen LogP contribution in [0.4, 0.5) is 0 Å². The second-order valence-corrected chi connectivity index (χ2v) is 5.98. The summed E-state index contributed by atoms with van der Waals surface area (Å²) in [5.74, 6) is -0.635. The maximum Gasteiger partial charge on any atom is 0.324 e. The van der Waals surface area contributed by atoms with E-state index in [0.717, 1.165) is 0 Å². The highest BCUT2D eigenvalue weighted by Gasteiger charge is 2.34. The minimum absolute atomic E-state index is 0.211. The third-order valence-corrected chi connectivity index (χ3v) is 4.61. The Morgan fingerprint density at radius 3 is 2.07 bits per heavy atom. The molecule has 84 valence electrons. The van der Waals surface area contributed by atoms with Gasteiger partial charge in [0.15, 0.2) is 15.1 Å². The monoisotopic (exact) mass is 222 g/mol. The van der Waals surface area contributed by atoms with Crippen LogP contribution in [0.25, 0.3) is 0 Å². The van der Waals surface area contributed by atoms with E-state index in [1.54, 1.807) is 27.7 Å². The van der Waals surface area contributed by atoms with Crippen molar-refractivity contribution in [3.63, 3.8) is 0 Å². The molecule has 0 heterocycles. The molecule has 14 heavy (non-hydrogen) atoms. The van der Waals surface area contributed by atoms with Gasteiger partial charge >= 0.3 is 5.97 Å². The Bertz CT molecular complexity index is 279. The van der Waals surface area contributed by atoms with Gasteiger partial charge in [0.2, 0.25) is 0 Å². The second kappa shape index (κ2) is 5.34. The molecule has 0 saturated heterocycles. The highest BCUT2D eigenvalue weighted by molar-refractivity contribution is 7.93. The predicted molar refractivity (Wildman–Crippen MR) is 54.8 cm³/mol. The first kappa shape index (κ1) is 13.4. The topological polar surface area (TPSA) is 60.4 Å². The molecule has 0 aromatic rings. The quantitative estimate of drug-likeness (QED) is 0.655. The van der Waals surface area contributed by atoms with Gasteiger partial charge in [-0.25, -0.2) is 8.42 Å². The normalized spacial score (nSPS) is 14.1. The fourth-order valence-corrected chi connectivity index (χ4v) is 2.55. The van der Waals surface area contributed by atoms with Crippen molar-refractivity contribution in [3.05, 3.63) is 0 Å². The summed E-state index contributed by atoms with van der Waals surface area (Å²) in [5.41, 5.74) is 0. The van der Waals surface area contributed by atoms with Crippen LogP contribution in [0, 0.1) is 0 Å². The Labute approximate surface area is 85.6 Å². The summed E-state index contributed by atoms with van der Waals surface area (Å²) >= 11 is 0. The van der Waals surface area contributed by atoms with E-state index in [-0.39, 0.29) is 13.0 Å². The molecule has 5 heteroatoms. The first-order chi connectivity index (χ1) is 6.37. The van der Waals surface area contributed by atoms with Crippen molar-refractivity contribution >= 4 is 15.8 Å². The lowest BCUT2D eigenvalue weighted by Crippen LogP contribution is -2.36. The summed E-state index contributed by atoms with van der Waals surface area (Å²) in [7, 11) is -3.39. The SMILES string of the molecule is CCOC(=O)C(CC)S(=O)(=O)C(C)C. The Kier molecular flexibility index (Phi) is 5.12. The Morgan fingerprint density at radius 1 is 1.29 bits per heavy atom. The summed E-state index contributed by atoms with van der Waals surface area (Å²) in [4.78, 5) is 11.3. The highest BCUT2D eigenvalue weighted by atomic mass is 32.2. The second-order valence-electron chi connectivity index (χ2n) is 3.29. The van der Waals surface area contributed by atoms with Crippen molar-refractivity contribution in [2.24, 2.45) is 0 Å². The van der Waals surface area contributed by atoms with Gasteiger partial charge in [-0.05, 0) is 27.2 Å². The number of carbonyl (C=O) groups excluding carboxylic acids is 1. The van der Waals surface area contributed by atoms with Crippen LogP contribution in [0.5, 0.6) is 0 Å². The first-order valence-electron chi connectivity index (χ1n) is 4.77. The lowest BCUT2D eigenvalue weighted by Gasteiger charge is -2.16. The molecule has 0 N–H and O–H groups in total. The van der Waals surface area contributed by atoms with E-state index in [4.69, 9.17) is 4.74 Å². The van der Waals surface area contributed by atoms with Crippen molar-refractivity contribution in [2.75, 3.05) is 6.61 Å². The molecule has 0 aliphatic rings. The summed E-state index contributed by atoms with van der Waals surface area (Å²) in [6.07, 6.45) is 0.263. The van der Waals surface area contributed by atoms with Crippen molar-refractivity contribution in [2.45, 2.75) is 44.6 Å². The van der Waals surface area contributed by atoms with E-state index in [1.807, 2.05) is 0 Å². The van der Waals surface area contributed by atoms with Crippen LogP contribution in [0.1, 0.15) is 34.1 Å². The smallest absolute Gasteiger partial charge is 0.324 e. The highest BCUT2D eigenvalue weighted by Crippen LogP contribution is 2.14. The molecule has 0 aromatic carbocycles. The van der Waals surface area contributed by atoms with Crippen LogP contribution in [0.3, 0.4) is 0 Å². The predicted octanol–water partition coefficient (Wildman–Crippen LogP) is 1.15. The average molecular weight is 222 g/mol.